The van der Waals surface area contributed by atoms with Crippen LogP contribution in [0.2, 0.25) is 0 Å². The van der Waals surface area contributed by atoms with Crippen LogP contribution in [0.3, 0.4) is 0 Å². The van der Waals surface area contributed by atoms with Gasteiger partial charge in [-0.1, -0.05) is 32.1 Å². The van der Waals surface area contributed by atoms with Crippen LogP contribution < -0.4 is 10.6 Å². The SMILES string of the molecule is CC12C=CC(=O)NC1CCC1C2CCC2(C)C(C(=O)Nc3ccccc3O)CCC12. The molecule has 30 heavy (non-hydrogen) atoms. The monoisotopic (exact) mass is 408 g/mol. The lowest BCUT2D eigenvalue weighted by Crippen LogP contribution is -2.59. The number of nitrogens with one attached hydrogen (secondary N) is 2. The molecule has 2 amide bonds. The number of phenols is 1. The van der Waals surface area contributed by atoms with Crippen molar-refractivity contribution in [1.82, 2.24) is 5.32 Å². The molecule has 1 heterocycles. The molecule has 3 aliphatic carbocycles. The van der Waals surface area contributed by atoms with E-state index in [9.17, 15) is 14.7 Å². The number of rotatable bonds is 2. The van der Waals surface area contributed by atoms with Crippen LogP contribution in [-0.4, -0.2) is 23.0 Å². The first-order valence-corrected chi connectivity index (χ1v) is 11.4. The quantitative estimate of drug-likeness (QED) is 0.641. The average molecular weight is 409 g/mol. The molecule has 5 rings (SSSR count). The van der Waals surface area contributed by atoms with E-state index in [-0.39, 0.29) is 40.4 Å². The third kappa shape index (κ3) is 2.81. The summed E-state index contributed by atoms with van der Waals surface area (Å²) >= 11 is 0. The van der Waals surface area contributed by atoms with Crippen molar-refractivity contribution in [2.75, 3.05) is 5.32 Å². The van der Waals surface area contributed by atoms with Gasteiger partial charge in [0.1, 0.15) is 5.75 Å². The summed E-state index contributed by atoms with van der Waals surface area (Å²) in [6.45, 7) is 4.65. The maximum Gasteiger partial charge on any atom is 0.243 e. The second-order valence-corrected chi connectivity index (χ2v) is 10.4. The Hall–Kier alpha value is -2.30. The minimum absolute atomic E-state index is 0.000471. The summed E-state index contributed by atoms with van der Waals surface area (Å²) in [5.74, 6) is 1.89. The Labute approximate surface area is 178 Å². The molecule has 0 spiro atoms. The topological polar surface area (TPSA) is 78.4 Å². The summed E-state index contributed by atoms with van der Waals surface area (Å²) in [6, 6.07) is 7.19. The van der Waals surface area contributed by atoms with Crippen LogP contribution in [0.5, 0.6) is 5.75 Å². The Morgan fingerprint density at radius 3 is 2.70 bits per heavy atom. The van der Waals surface area contributed by atoms with E-state index in [0.29, 0.717) is 23.4 Å². The maximum atomic E-state index is 13.2. The van der Waals surface area contributed by atoms with Crippen molar-refractivity contribution < 1.29 is 14.7 Å². The summed E-state index contributed by atoms with van der Waals surface area (Å²) in [5, 5.41) is 16.3. The highest BCUT2D eigenvalue weighted by atomic mass is 16.3. The number of hydrogen-bond acceptors (Lipinski definition) is 3. The summed E-state index contributed by atoms with van der Waals surface area (Å²) < 4.78 is 0. The average Bonchev–Trinajstić information content (AvgIpc) is 3.07. The number of benzene rings is 1. The van der Waals surface area contributed by atoms with Gasteiger partial charge in [-0.3, -0.25) is 9.59 Å². The molecule has 4 aliphatic rings. The van der Waals surface area contributed by atoms with Gasteiger partial charge in [-0.2, -0.15) is 0 Å². The van der Waals surface area contributed by atoms with E-state index in [4.69, 9.17) is 0 Å². The number of phenolic OH excluding ortho intramolecular Hbond substituents is 1. The van der Waals surface area contributed by atoms with E-state index in [1.54, 1.807) is 24.3 Å². The fraction of sp³-hybridized carbons (Fsp3) is 0.600. The van der Waals surface area contributed by atoms with Gasteiger partial charge in [0.2, 0.25) is 11.8 Å². The smallest absolute Gasteiger partial charge is 0.243 e. The Morgan fingerprint density at radius 1 is 1.10 bits per heavy atom. The lowest BCUT2D eigenvalue weighted by Gasteiger charge is -2.58. The van der Waals surface area contributed by atoms with Gasteiger partial charge >= 0.3 is 0 Å². The Bertz CT molecular complexity index is 911. The molecule has 7 unspecified atom stereocenters. The molecule has 0 saturated heterocycles. The molecule has 0 aromatic heterocycles. The van der Waals surface area contributed by atoms with Crippen LogP contribution in [0.4, 0.5) is 5.69 Å². The number of carbonyl (C=O) groups is 2. The molecule has 5 heteroatoms. The predicted molar refractivity (Wildman–Crippen MR) is 116 cm³/mol. The van der Waals surface area contributed by atoms with Crippen molar-refractivity contribution >= 4 is 17.5 Å². The fourth-order valence-electron chi connectivity index (χ4n) is 7.56. The molecule has 160 valence electrons. The van der Waals surface area contributed by atoms with Crippen molar-refractivity contribution in [3.63, 3.8) is 0 Å². The van der Waals surface area contributed by atoms with Gasteiger partial charge in [0, 0.05) is 17.4 Å². The van der Waals surface area contributed by atoms with Gasteiger partial charge < -0.3 is 15.7 Å². The highest BCUT2D eigenvalue weighted by Gasteiger charge is 2.60. The number of aromatic hydroxyl groups is 1. The molecule has 3 saturated carbocycles. The molecule has 1 aromatic carbocycles. The predicted octanol–water partition coefficient (Wildman–Crippen LogP) is 4.24. The maximum absolute atomic E-state index is 13.2. The number of amides is 2. The number of carbonyl (C=O) groups excluding carboxylic acids is 2. The normalized spacial score (nSPS) is 41.9. The van der Waals surface area contributed by atoms with Crippen molar-refractivity contribution in [1.29, 1.82) is 0 Å². The first-order chi connectivity index (χ1) is 14.3. The zero-order valence-electron chi connectivity index (χ0n) is 17.9. The van der Waals surface area contributed by atoms with Crippen LogP contribution in [0, 0.1) is 34.5 Å². The molecule has 3 fully saturated rings. The van der Waals surface area contributed by atoms with Crippen LogP contribution in [-0.2, 0) is 9.59 Å². The number of para-hydroxylation sites is 2. The highest BCUT2D eigenvalue weighted by Crippen LogP contribution is 2.65. The van der Waals surface area contributed by atoms with E-state index in [2.05, 4.69) is 30.6 Å². The van der Waals surface area contributed by atoms with Crippen LogP contribution in [0.25, 0.3) is 0 Å². The van der Waals surface area contributed by atoms with Crippen molar-refractivity contribution in [2.45, 2.75) is 58.4 Å². The zero-order chi connectivity index (χ0) is 21.1. The Balaban J connectivity index is 1.38. The summed E-state index contributed by atoms with van der Waals surface area (Å²) in [5.41, 5.74) is 0.522. The number of hydrogen-bond donors (Lipinski definition) is 3. The third-order valence-electron chi connectivity index (χ3n) is 9.16. The van der Waals surface area contributed by atoms with E-state index >= 15 is 0 Å². The van der Waals surface area contributed by atoms with Gasteiger partial charge in [-0.05, 0) is 79.9 Å². The van der Waals surface area contributed by atoms with E-state index in [0.717, 1.165) is 38.5 Å². The summed E-state index contributed by atoms with van der Waals surface area (Å²) in [7, 11) is 0. The fourth-order valence-corrected chi connectivity index (χ4v) is 7.56. The lowest BCUT2D eigenvalue weighted by molar-refractivity contribution is -0.129. The summed E-state index contributed by atoms with van der Waals surface area (Å²) in [6.07, 6.45) is 10.2. The van der Waals surface area contributed by atoms with E-state index in [1.807, 2.05) is 6.07 Å². The van der Waals surface area contributed by atoms with Gasteiger partial charge in [0.15, 0.2) is 0 Å². The van der Waals surface area contributed by atoms with Crippen LogP contribution in [0.15, 0.2) is 36.4 Å². The molecule has 1 aromatic rings. The molecular formula is C25H32N2O3. The lowest BCUT2D eigenvalue weighted by atomic mass is 9.48. The van der Waals surface area contributed by atoms with Gasteiger partial charge in [0.25, 0.3) is 0 Å². The Morgan fingerprint density at radius 2 is 1.90 bits per heavy atom. The molecule has 1 aliphatic heterocycles. The van der Waals surface area contributed by atoms with Gasteiger partial charge in [-0.15, -0.1) is 0 Å². The van der Waals surface area contributed by atoms with Crippen molar-refractivity contribution in [3.05, 3.63) is 36.4 Å². The molecular weight excluding hydrogens is 376 g/mol. The molecule has 0 bridgehead atoms. The minimum Gasteiger partial charge on any atom is -0.506 e. The molecule has 5 nitrogen and oxygen atoms in total. The van der Waals surface area contributed by atoms with Crippen LogP contribution in [0.1, 0.15) is 52.4 Å². The van der Waals surface area contributed by atoms with Crippen LogP contribution >= 0.6 is 0 Å². The van der Waals surface area contributed by atoms with Crippen molar-refractivity contribution in [2.24, 2.45) is 34.5 Å². The largest absolute Gasteiger partial charge is 0.506 e. The number of fused-ring (bicyclic) bond motifs is 5. The standard InChI is InChI=1S/C25H32N2O3/c1-24-13-11-17-15(7-10-21-25(17,2)14-12-22(29)27-21)16(24)8-9-18(24)23(30)26-19-5-3-4-6-20(19)28/h3-6,12,14-18,21,28H,7-11,13H2,1-2H3,(H,26,30)(H,27,29). The third-order valence-corrected chi connectivity index (χ3v) is 9.16. The second-order valence-electron chi connectivity index (χ2n) is 10.4. The first kappa shape index (κ1) is 19.7. The van der Waals surface area contributed by atoms with Crippen molar-refractivity contribution in [3.8, 4) is 5.75 Å². The molecule has 7 atom stereocenters. The van der Waals surface area contributed by atoms with E-state index in [1.165, 1.54) is 0 Å². The molecule has 0 radical (unpaired) electrons. The minimum atomic E-state index is -0.0183. The van der Waals surface area contributed by atoms with E-state index < -0.39 is 0 Å². The number of anilines is 1. The van der Waals surface area contributed by atoms with Gasteiger partial charge in [-0.25, -0.2) is 0 Å². The van der Waals surface area contributed by atoms with Gasteiger partial charge in [0.05, 0.1) is 5.69 Å². The first-order valence-electron chi connectivity index (χ1n) is 11.4. The zero-order valence-corrected chi connectivity index (χ0v) is 17.9. The highest BCUT2D eigenvalue weighted by molar-refractivity contribution is 5.94. The summed E-state index contributed by atoms with van der Waals surface area (Å²) in [4.78, 5) is 25.1. The molecule has 3 N–H and O–H groups in total. The second kappa shape index (κ2) is 6.86. The Kier molecular flexibility index (Phi) is 4.49.